The zero-order chi connectivity index (χ0) is 22.1. The third-order valence-corrected chi connectivity index (χ3v) is 4.43. The maximum Gasteiger partial charge on any atom is 0.374 e. The quantitative estimate of drug-likeness (QED) is 0.505. The van der Waals surface area contributed by atoms with E-state index in [0.29, 0.717) is 17.9 Å². The molecule has 1 amide bonds. The minimum atomic E-state index is -0.774. The molecule has 3 rings (SSSR count). The summed E-state index contributed by atoms with van der Waals surface area (Å²) in [5.41, 5.74) is 0.917. The Morgan fingerprint density at radius 2 is 1.61 bits per heavy atom. The molecule has 0 fully saturated rings. The van der Waals surface area contributed by atoms with Crippen LogP contribution in [0.5, 0.6) is 5.75 Å². The molecule has 0 spiro atoms. The monoisotopic (exact) mass is 421 g/mol. The molecule has 1 atom stereocenters. The van der Waals surface area contributed by atoms with Crippen LogP contribution in [0.3, 0.4) is 0 Å². The first-order valence-corrected chi connectivity index (χ1v) is 9.78. The highest BCUT2D eigenvalue weighted by Gasteiger charge is 2.20. The second-order valence-electron chi connectivity index (χ2n) is 6.86. The fourth-order valence-electron chi connectivity index (χ4n) is 2.82. The molecule has 2 aromatic carbocycles. The van der Waals surface area contributed by atoms with Crippen LogP contribution in [0, 0.1) is 0 Å². The number of carbonyl (C=O) groups is 3. The van der Waals surface area contributed by atoms with Crippen molar-refractivity contribution in [2.45, 2.75) is 26.0 Å². The number of rotatable bonds is 10. The molecule has 3 aromatic rings. The van der Waals surface area contributed by atoms with Gasteiger partial charge in [0.15, 0.2) is 12.4 Å². The molecule has 7 nitrogen and oxygen atoms in total. The van der Waals surface area contributed by atoms with Crippen molar-refractivity contribution in [1.29, 1.82) is 0 Å². The molecule has 0 aliphatic rings. The van der Waals surface area contributed by atoms with E-state index >= 15 is 0 Å². The van der Waals surface area contributed by atoms with Crippen LogP contribution in [-0.2, 0) is 27.4 Å². The van der Waals surface area contributed by atoms with E-state index in [2.05, 4.69) is 5.32 Å². The van der Waals surface area contributed by atoms with Gasteiger partial charge in [-0.05, 0) is 43.2 Å². The standard InChI is InChI=1S/C24H23NO6/c1-17(26)21(14-18-8-4-2-5-9-18)25-23(27)16-30-24(28)22-13-12-20(31-22)15-29-19-10-6-3-7-11-19/h2-13,21H,14-16H2,1H3,(H,25,27). The lowest BCUT2D eigenvalue weighted by Crippen LogP contribution is -2.43. The summed E-state index contributed by atoms with van der Waals surface area (Å²) in [6.45, 7) is 1.04. The van der Waals surface area contributed by atoms with E-state index in [1.54, 1.807) is 6.07 Å². The lowest BCUT2D eigenvalue weighted by atomic mass is 10.0. The van der Waals surface area contributed by atoms with Gasteiger partial charge in [-0.2, -0.15) is 0 Å². The minimum Gasteiger partial charge on any atom is -0.486 e. The van der Waals surface area contributed by atoms with E-state index < -0.39 is 24.5 Å². The lowest BCUT2D eigenvalue weighted by Gasteiger charge is -2.16. The Hall–Kier alpha value is -3.87. The fraction of sp³-hybridized carbons (Fsp3) is 0.208. The number of hydrogen-bond donors (Lipinski definition) is 1. The molecule has 0 saturated carbocycles. The van der Waals surface area contributed by atoms with Crippen LogP contribution in [0.2, 0.25) is 0 Å². The number of esters is 1. The molecule has 1 heterocycles. The van der Waals surface area contributed by atoms with E-state index in [0.717, 1.165) is 5.56 Å². The molecule has 1 aromatic heterocycles. The zero-order valence-corrected chi connectivity index (χ0v) is 17.1. The Morgan fingerprint density at radius 1 is 0.935 bits per heavy atom. The third-order valence-electron chi connectivity index (χ3n) is 4.43. The van der Waals surface area contributed by atoms with E-state index in [4.69, 9.17) is 13.9 Å². The number of ether oxygens (including phenoxy) is 2. The average Bonchev–Trinajstić information content (AvgIpc) is 3.26. The Balaban J connectivity index is 1.46. The van der Waals surface area contributed by atoms with Gasteiger partial charge >= 0.3 is 5.97 Å². The Kier molecular flexibility index (Phi) is 7.59. The van der Waals surface area contributed by atoms with Gasteiger partial charge in [0.05, 0.1) is 6.04 Å². The Morgan fingerprint density at radius 3 is 2.29 bits per heavy atom. The Bertz CT molecular complexity index is 1010. The summed E-state index contributed by atoms with van der Waals surface area (Å²) in [6, 6.07) is 20.9. The maximum absolute atomic E-state index is 12.2. The number of Topliss-reactive ketones (excluding diaryl/α,β-unsaturated/α-hetero) is 1. The second kappa shape index (κ2) is 10.8. The summed E-state index contributed by atoms with van der Waals surface area (Å²) >= 11 is 0. The van der Waals surface area contributed by atoms with Gasteiger partial charge in [-0.1, -0.05) is 48.5 Å². The summed E-state index contributed by atoms with van der Waals surface area (Å²) in [5, 5.41) is 2.60. The topological polar surface area (TPSA) is 94.8 Å². The highest BCUT2D eigenvalue weighted by molar-refractivity contribution is 5.91. The van der Waals surface area contributed by atoms with E-state index in [1.807, 2.05) is 60.7 Å². The van der Waals surface area contributed by atoms with Crippen LogP contribution in [-0.4, -0.2) is 30.3 Å². The highest BCUT2D eigenvalue weighted by atomic mass is 16.6. The summed E-state index contributed by atoms with van der Waals surface area (Å²) in [7, 11) is 0. The predicted octanol–water partition coefficient (Wildman–Crippen LogP) is 3.33. The molecule has 7 heteroatoms. The van der Waals surface area contributed by atoms with Crippen LogP contribution in [0.1, 0.15) is 28.8 Å². The van der Waals surface area contributed by atoms with Crippen LogP contribution in [0.15, 0.2) is 77.2 Å². The normalized spacial score (nSPS) is 11.4. The molecule has 1 N–H and O–H groups in total. The van der Waals surface area contributed by atoms with Crippen molar-refractivity contribution in [2.75, 3.05) is 6.61 Å². The van der Waals surface area contributed by atoms with Gasteiger partial charge in [-0.25, -0.2) is 4.79 Å². The smallest absolute Gasteiger partial charge is 0.374 e. The molecule has 0 bridgehead atoms. The van der Waals surface area contributed by atoms with Crippen molar-refractivity contribution in [3.63, 3.8) is 0 Å². The number of ketones is 1. The number of benzene rings is 2. The zero-order valence-electron chi connectivity index (χ0n) is 17.1. The summed E-state index contributed by atoms with van der Waals surface area (Å²) in [5.74, 6) is -0.438. The van der Waals surface area contributed by atoms with Gasteiger partial charge in [-0.3, -0.25) is 9.59 Å². The van der Waals surface area contributed by atoms with Gasteiger partial charge in [0, 0.05) is 0 Å². The molecule has 31 heavy (non-hydrogen) atoms. The van der Waals surface area contributed by atoms with Gasteiger partial charge in [0.1, 0.15) is 18.1 Å². The van der Waals surface area contributed by atoms with E-state index in [1.165, 1.54) is 13.0 Å². The third kappa shape index (κ3) is 6.85. The molecular formula is C24H23NO6. The summed E-state index contributed by atoms with van der Waals surface area (Å²) in [4.78, 5) is 36.2. The van der Waals surface area contributed by atoms with Gasteiger partial charge in [0.25, 0.3) is 5.91 Å². The van der Waals surface area contributed by atoms with Crippen LogP contribution >= 0.6 is 0 Å². The molecule has 0 radical (unpaired) electrons. The van der Waals surface area contributed by atoms with Crippen LogP contribution in [0.4, 0.5) is 0 Å². The number of furan rings is 1. The maximum atomic E-state index is 12.2. The van der Waals surface area contributed by atoms with Crippen molar-refractivity contribution in [1.82, 2.24) is 5.32 Å². The number of para-hydroxylation sites is 1. The number of carbonyl (C=O) groups excluding carboxylic acids is 3. The molecule has 160 valence electrons. The van der Waals surface area contributed by atoms with E-state index in [-0.39, 0.29) is 18.2 Å². The Labute approximate surface area is 180 Å². The minimum absolute atomic E-state index is 0.0353. The fourth-order valence-corrected chi connectivity index (χ4v) is 2.82. The first-order valence-electron chi connectivity index (χ1n) is 9.78. The molecule has 0 aliphatic carbocycles. The highest BCUT2D eigenvalue weighted by Crippen LogP contribution is 2.14. The van der Waals surface area contributed by atoms with Gasteiger partial charge in [0.2, 0.25) is 5.76 Å². The number of amides is 1. The van der Waals surface area contributed by atoms with Crippen LogP contribution < -0.4 is 10.1 Å². The van der Waals surface area contributed by atoms with Crippen molar-refractivity contribution >= 4 is 17.7 Å². The lowest BCUT2D eigenvalue weighted by molar-refractivity contribution is -0.128. The van der Waals surface area contributed by atoms with E-state index in [9.17, 15) is 14.4 Å². The first-order chi connectivity index (χ1) is 15.0. The number of hydrogen-bond acceptors (Lipinski definition) is 6. The van der Waals surface area contributed by atoms with Crippen molar-refractivity contribution in [3.8, 4) is 5.75 Å². The summed E-state index contributed by atoms with van der Waals surface area (Å²) in [6.07, 6.45) is 0.360. The SMILES string of the molecule is CC(=O)C(Cc1ccccc1)NC(=O)COC(=O)c1ccc(COc2ccccc2)o1. The first kappa shape index (κ1) is 21.8. The second-order valence-corrected chi connectivity index (χ2v) is 6.86. The average molecular weight is 421 g/mol. The molecular weight excluding hydrogens is 398 g/mol. The molecule has 1 unspecified atom stereocenters. The number of nitrogens with one attached hydrogen (secondary N) is 1. The largest absolute Gasteiger partial charge is 0.486 e. The van der Waals surface area contributed by atoms with Crippen molar-refractivity contribution in [3.05, 3.63) is 89.9 Å². The molecule has 0 aliphatic heterocycles. The van der Waals surface area contributed by atoms with Gasteiger partial charge < -0.3 is 19.2 Å². The van der Waals surface area contributed by atoms with Crippen molar-refractivity contribution < 1.29 is 28.3 Å². The van der Waals surface area contributed by atoms with Crippen LogP contribution in [0.25, 0.3) is 0 Å². The summed E-state index contributed by atoms with van der Waals surface area (Å²) < 4.78 is 16.0. The predicted molar refractivity (Wildman–Crippen MR) is 113 cm³/mol. The molecule has 0 saturated heterocycles. The van der Waals surface area contributed by atoms with Gasteiger partial charge in [-0.15, -0.1) is 0 Å². The van der Waals surface area contributed by atoms with Crippen molar-refractivity contribution in [2.24, 2.45) is 0 Å².